The van der Waals surface area contributed by atoms with Gasteiger partial charge in [-0.15, -0.1) is 6.58 Å². The summed E-state index contributed by atoms with van der Waals surface area (Å²) in [4.78, 5) is 0. The standard InChI is InChI=1S/C11H13BF3O.K/c1-2-3-6-9-16-11-8-5-4-7-10(11)12(13,14)15;/h2,4-5,7-8H,1,3,6,9H2;/q-1;+1. The second-order valence-electron chi connectivity index (χ2n) is 3.39. The van der Waals surface area contributed by atoms with E-state index in [-0.39, 0.29) is 63.7 Å². The number of benzene rings is 1. The summed E-state index contributed by atoms with van der Waals surface area (Å²) in [6, 6.07) is 5.29. The summed E-state index contributed by atoms with van der Waals surface area (Å²) in [5.74, 6) is -0.0842. The molecule has 0 aliphatic heterocycles. The first-order valence-corrected chi connectivity index (χ1v) is 5.08. The molecule has 6 heteroatoms. The molecule has 0 aromatic heterocycles. The van der Waals surface area contributed by atoms with E-state index in [1.165, 1.54) is 18.2 Å². The summed E-state index contributed by atoms with van der Waals surface area (Å²) >= 11 is 0. The third-order valence-electron chi connectivity index (χ3n) is 2.08. The fourth-order valence-electron chi connectivity index (χ4n) is 1.29. The number of unbranched alkanes of at least 4 members (excludes halogenated alkanes) is 1. The summed E-state index contributed by atoms with van der Waals surface area (Å²) in [5.41, 5.74) is -0.666. The third-order valence-corrected chi connectivity index (χ3v) is 2.08. The minimum Gasteiger partial charge on any atom is -0.497 e. The number of halogens is 3. The molecule has 1 nitrogen and oxygen atoms in total. The van der Waals surface area contributed by atoms with E-state index in [1.807, 2.05) is 0 Å². The molecule has 1 rings (SSSR count). The molecule has 0 atom stereocenters. The van der Waals surface area contributed by atoms with Crippen LogP contribution in [0.3, 0.4) is 0 Å². The molecule has 0 saturated heterocycles. The van der Waals surface area contributed by atoms with Crippen LogP contribution in [0.4, 0.5) is 12.9 Å². The Hall–Kier alpha value is 0.251. The number of hydrogen-bond donors (Lipinski definition) is 0. The quantitative estimate of drug-likeness (QED) is 0.403. The van der Waals surface area contributed by atoms with Gasteiger partial charge in [-0.05, 0) is 18.9 Å². The molecule has 88 valence electrons. The van der Waals surface area contributed by atoms with Crippen LogP contribution in [-0.2, 0) is 0 Å². The van der Waals surface area contributed by atoms with Gasteiger partial charge >= 0.3 is 58.4 Å². The molecule has 0 saturated carbocycles. The largest absolute Gasteiger partial charge is 1.00 e. The van der Waals surface area contributed by atoms with Crippen LogP contribution in [0.15, 0.2) is 36.9 Å². The Morgan fingerprint density at radius 2 is 1.88 bits per heavy atom. The van der Waals surface area contributed by atoms with Crippen LogP contribution < -0.4 is 61.6 Å². The third kappa shape index (κ3) is 6.11. The summed E-state index contributed by atoms with van der Waals surface area (Å²) in [7, 11) is 0. The first kappa shape index (κ1) is 17.3. The maximum absolute atomic E-state index is 12.6. The normalized spacial score (nSPS) is 10.5. The maximum Gasteiger partial charge on any atom is 1.00 e. The fraction of sp³-hybridized carbons (Fsp3) is 0.273. The van der Waals surface area contributed by atoms with Crippen molar-refractivity contribution in [2.45, 2.75) is 12.8 Å². The van der Waals surface area contributed by atoms with E-state index in [0.717, 1.165) is 12.5 Å². The van der Waals surface area contributed by atoms with Crippen LogP contribution >= 0.6 is 0 Å². The van der Waals surface area contributed by atoms with Crippen molar-refractivity contribution in [3.8, 4) is 5.75 Å². The van der Waals surface area contributed by atoms with Crippen molar-refractivity contribution in [3.63, 3.8) is 0 Å². The van der Waals surface area contributed by atoms with Crippen molar-refractivity contribution in [1.29, 1.82) is 0 Å². The average molecular weight is 268 g/mol. The van der Waals surface area contributed by atoms with E-state index in [4.69, 9.17) is 4.74 Å². The van der Waals surface area contributed by atoms with Gasteiger partial charge < -0.3 is 17.7 Å². The van der Waals surface area contributed by atoms with Gasteiger partial charge in [0.1, 0.15) is 0 Å². The van der Waals surface area contributed by atoms with Crippen LogP contribution in [0.25, 0.3) is 0 Å². The zero-order valence-corrected chi connectivity index (χ0v) is 13.0. The fourth-order valence-corrected chi connectivity index (χ4v) is 1.29. The predicted octanol–water partition coefficient (Wildman–Crippen LogP) is 0.0900. The summed E-state index contributed by atoms with van der Waals surface area (Å²) in [5, 5.41) is 0. The average Bonchev–Trinajstić information content (AvgIpc) is 2.24. The van der Waals surface area contributed by atoms with Crippen molar-refractivity contribution >= 4 is 12.4 Å². The van der Waals surface area contributed by atoms with Gasteiger partial charge in [0.15, 0.2) is 0 Å². The molecule has 0 unspecified atom stereocenters. The second kappa shape index (κ2) is 8.37. The number of ether oxygens (including phenoxy) is 1. The van der Waals surface area contributed by atoms with Gasteiger partial charge in [0, 0.05) is 0 Å². The van der Waals surface area contributed by atoms with Gasteiger partial charge in [-0.3, -0.25) is 0 Å². The number of para-hydroxylation sites is 1. The van der Waals surface area contributed by atoms with Crippen LogP contribution in [0.1, 0.15) is 12.8 Å². The molecule has 0 fully saturated rings. The first-order chi connectivity index (χ1) is 7.55. The van der Waals surface area contributed by atoms with Gasteiger partial charge in [0.25, 0.3) is 0 Å². The van der Waals surface area contributed by atoms with Crippen molar-refractivity contribution in [2.24, 2.45) is 0 Å². The smallest absolute Gasteiger partial charge is 0.497 e. The van der Waals surface area contributed by atoms with Crippen molar-refractivity contribution in [1.82, 2.24) is 0 Å². The molecule has 0 heterocycles. The Kier molecular flexibility index (Phi) is 8.49. The van der Waals surface area contributed by atoms with E-state index in [0.29, 0.717) is 6.42 Å². The van der Waals surface area contributed by atoms with E-state index >= 15 is 0 Å². The Morgan fingerprint density at radius 3 is 2.47 bits per heavy atom. The second-order valence-corrected chi connectivity index (χ2v) is 3.39. The minimum atomic E-state index is -5.01. The molecule has 17 heavy (non-hydrogen) atoms. The van der Waals surface area contributed by atoms with E-state index in [9.17, 15) is 12.9 Å². The Balaban J connectivity index is 0.00000256. The van der Waals surface area contributed by atoms with Crippen molar-refractivity contribution < 1.29 is 69.1 Å². The van der Waals surface area contributed by atoms with E-state index in [2.05, 4.69) is 6.58 Å². The van der Waals surface area contributed by atoms with Crippen molar-refractivity contribution in [2.75, 3.05) is 6.61 Å². The Bertz CT molecular complexity index is 355. The van der Waals surface area contributed by atoms with E-state index in [1.54, 1.807) is 6.08 Å². The first-order valence-electron chi connectivity index (χ1n) is 5.08. The Labute approximate surface area is 142 Å². The molecule has 0 aliphatic carbocycles. The molecule has 0 bridgehead atoms. The van der Waals surface area contributed by atoms with Crippen LogP contribution in [0.2, 0.25) is 0 Å². The van der Waals surface area contributed by atoms with Crippen LogP contribution in [-0.4, -0.2) is 13.6 Å². The molecule has 0 N–H and O–H groups in total. The summed E-state index contributed by atoms with van der Waals surface area (Å²) < 4.78 is 42.9. The van der Waals surface area contributed by atoms with Crippen molar-refractivity contribution in [3.05, 3.63) is 36.9 Å². The topological polar surface area (TPSA) is 9.23 Å². The van der Waals surface area contributed by atoms with Crippen LogP contribution in [0.5, 0.6) is 5.75 Å². The van der Waals surface area contributed by atoms with Gasteiger partial charge in [-0.25, -0.2) is 0 Å². The van der Waals surface area contributed by atoms with E-state index < -0.39 is 12.4 Å². The molecular formula is C11H13BF3KO. The number of allylic oxidation sites excluding steroid dienone is 1. The van der Waals surface area contributed by atoms with Gasteiger partial charge in [-0.1, -0.05) is 29.7 Å². The summed E-state index contributed by atoms with van der Waals surface area (Å²) in [6.07, 6.45) is 3.12. The molecule has 0 amide bonds. The summed E-state index contributed by atoms with van der Waals surface area (Å²) in [6.45, 7) is -1.20. The Morgan fingerprint density at radius 1 is 1.24 bits per heavy atom. The monoisotopic (exact) mass is 268 g/mol. The zero-order chi connectivity index (χ0) is 12.0. The number of rotatable bonds is 6. The van der Waals surface area contributed by atoms with Gasteiger partial charge in [0.05, 0.1) is 12.4 Å². The maximum atomic E-state index is 12.6. The van der Waals surface area contributed by atoms with Gasteiger partial charge in [0.2, 0.25) is 0 Å². The molecule has 0 spiro atoms. The minimum absolute atomic E-state index is 0. The van der Waals surface area contributed by atoms with Gasteiger partial charge in [-0.2, -0.15) is 0 Å². The zero-order valence-electron chi connectivity index (χ0n) is 9.83. The van der Waals surface area contributed by atoms with Crippen LogP contribution in [0, 0.1) is 0 Å². The predicted molar refractivity (Wildman–Crippen MR) is 60.1 cm³/mol. The molecule has 1 aromatic carbocycles. The molecule has 0 radical (unpaired) electrons. The number of hydrogen-bond acceptors (Lipinski definition) is 1. The molecular weight excluding hydrogens is 255 g/mol. The molecule has 0 aliphatic rings. The molecule has 1 aromatic rings. The SMILES string of the molecule is C=CCCCOc1ccccc1[B-](F)(F)F.[K+].